The minimum absolute atomic E-state index is 0.0446. The van der Waals surface area contributed by atoms with Crippen LogP contribution in [-0.2, 0) is 4.79 Å². The molecule has 1 amide bonds. The molecule has 0 saturated carbocycles. The van der Waals surface area contributed by atoms with Crippen LogP contribution in [0.4, 0.5) is 0 Å². The van der Waals surface area contributed by atoms with Crippen molar-refractivity contribution in [3.8, 4) is 0 Å². The molecule has 1 aliphatic heterocycles. The lowest BCUT2D eigenvalue weighted by molar-refractivity contribution is -0.130. The second-order valence-electron chi connectivity index (χ2n) is 5.49. The molecule has 2 atom stereocenters. The Kier molecular flexibility index (Phi) is 6.67. The fourth-order valence-electron chi connectivity index (χ4n) is 2.91. The van der Waals surface area contributed by atoms with Crippen LogP contribution in [0.1, 0.15) is 59.8 Å². The maximum atomic E-state index is 12.5. The van der Waals surface area contributed by atoms with Crippen molar-refractivity contribution >= 4 is 17.7 Å². The van der Waals surface area contributed by atoms with Crippen LogP contribution in [0.3, 0.4) is 0 Å². The zero-order chi connectivity index (χ0) is 14.5. The van der Waals surface area contributed by atoms with Crippen molar-refractivity contribution in [3.63, 3.8) is 0 Å². The molecule has 2 unspecified atom stereocenters. The molecule has 1 aliphatic rings. The first-order chi connectivity index (χ1) is 9.07. The van der Waals surface area contributed by atoms with Gasteiger partial charge in [0.2, 0.25) is 5.91 Å². The highest BCUT2D eigenvalue weighted by Crippen LogP contribution is 2.33. The van der Waals surface area contributed by atoms with E-state index < -0.39 is 0 Å². The van der Waals surface area contributed by atoms with E-state index in [2.05, 4.69) is 44.2 Å². The standard InChI is InChI=1S/C15H30N2OS/c1-6-10-12-14(18)17(13(7-2)16-12)11-15(8-3,9-4)19-5/h12-13,16H,6-11H2,1-5H3. The number of carbonyl (C=O) groups excluding carboxylic acids is 1. The maximum absolute atomic E-state index is 12.5. The van der Waals surface area contributed by atoms with Gasteiger partial charge in [-0.15, -0.1) is 0 Å². The van der Waals surface area contributed by atoms with Gasteiger partial charge in [-0.05, 0) is 31.9 Å². The molecule has 1 rings (SSSR count). The van der Waals surface area contributed by atoms with E-state index in [9.17, 15) is 4.79 Å². The van der Waals surface area contributed by atoms with Crippen LogP contribution < -0.4 is 5.32 Å². The zero-order valence-corrected chi connectivity index (χ0v) is 14.0. The van der Waals surface area contributed by atoms with E-state index in [-0.39, 0.29) is 17.0 Å². The van der Waals surface area contributed by atoms with Crippen molar-refractivity contribution in [2.75, 3.05) is 12.8 Å². The van der Waals surface area contributed by atoms with Gasteiger partial charge in [-0.3, -0.25) is 10.1 Å². The second kappa shape index (κ2) is 7.53. The smallest absolute Gasteiger partial charge is 0.241 e. The molecule has 0 bridgehead atoms. The number of rotatable bonds is 8. The van der Waals surface area contributed by atoms with Crippen molar-refractivity contribution < 1.29 is 4.79 Å². The van der Waals surface area contributed by atoms with Crippen LogP contribution in [0.15, 0.2) is 0 Å². The number of nitrogens with zero attached hydrogens (tertiary/aromatic N) is 1. The Hall–Kier alpha value is -0.220. The van der Waals surface area contributed by atoms with E-state index >= 15 is 0 Å². The summed E-state index contributed by atoms with van der Waals surface area (Å²) in [6, 6.07) is 0.0446. The topological polar surface area (TPSA) is 32.3 Å². The van der Waals surface area contributed by atoms with Gasteiger partial charge in [0.15, 0.2) is 0 Å². The highest BCUT2D eigenvalue weighted by Gasteiger charge is 2.41. The Morgan fingerprint density at radius 3 is 2.32 bits per heavy atom. The van der Waals surface area contributed by atoms with Gasteiger partial charge >= 0.3 is 0 Å². The summed E-state index contributed by atoms with van der Waals surface area (Å²) in [7, 11) is 0. The molecule has 0 radical (unpaired) electrons. The Labute approximate surface area is 122 Å². The van der Waals surface area contributed by atoms with Gasteiger partial charge in [-0.1, -0.05) is 34.1 Å². The highest BCUT2D eigenvalue weighted by atomic mass is 32.2. The summed E-state index contributed by atoms with van der Waals surface area (Å²) in [5.74, 6) is 0.314. The Morgan fingerprint density at radius 1 is 1.26 bits per heavy atom. The van der Waals surface area contributed by atoms with E-state index in [4.69, 9.17) is 0 Å². The normalized spacial score (nSPS) is 24.3. The fraction of sp³-hybridized carbons (Fsp3) is 0.933. The van der Waals surface area contributed by atoms with Gasteiger partial charge in [0.25, 0.3) is 0 Å². The molecule has 1 N–H and O–H groups in total. The number of carbonyl (C=O) groups is 1. The summed E-state index contributed by atoms with van der Waals surface area (Å²) in [6.07, 6.45) is 7.63. The molecule has 1 saturated heterocycles. The molecule has 0 spiro atoms. The number of nitrogens with one attached hydrogen (secondary N) is 1. The van der Waals surface area contributed by atoms with E-state index in [1.54, 1.807) is 0 Å². The average molecular weight is 286 g/mol. The predicted octanol–water partition coefficient (Wildman–Crippen LogP) is 3.24. The van der Waals surface area contributed by atoms with Gasteiger partial charge in [-0.25, -0.2) is 0 Å². The minimum atomic E-state index is 0.0446. The molecule has 0 aromatic rings. The van der Waals surface area contributed by atoms with Gasteiger partial charge in [-0.2, -0.15) is 11.8 Å². The van der Waals surface area contributed by atoms with Crippen molar-refractivity contribution in [2.45, 2.75) is 76.8 Å². The SMILES string of the molecule is CCCC1NC(CC)N(CC(CC)(CC)SC)C1=O. The third-order valence-electron chi connectivity index (χ3n) is 4.50. The first-order valence-corrected chi connectivity index (χ1v) is 8.91. The number of hydrogen-bond acceptors (Lipinski definition) is 3. The monoisotopic (exact) mass is 286 g/mol. The Balaban J connectivity index is 2.82. The molecule has 0 aliphatic carbocycles. The van der Waals surface area contributed by atoms with Crippen molar-refractivity contribution in [3.05, 3.63) is 0 Å². The Bertz CT molecular complexity index is 284. The lowest BCUT2D eigenvalue weighted by Gasteiger charge is -2.36. The third kappa shape index (κ3) is 3.66. The molecule has 19 heavy (non-hydrogen) atoms. The van der Waals surface area contributed by atoms with E-state index in [1.807, 2.05) is 11.8 Å². The summed E-state index contributed by atoms with van der Waals surface area (Å²) < 4.78 is 0.214. The lowest BCUT2D eigenvalue weighted by atomic mass is 10.0. The predicted molar refractivity (Wildman–Crippen MR) is 84.5 cm³/mol. The fourth-order valence-corrected chi connectivity index (χ4v) is 3.75. The number of thioether (sulfide) groups is 1. The van der Waals surface area contributed by atoms with Gasteiger partial charge in [0.1, 0.15) is 0 Å². The van der Waals surface area contributed by atoms with Crippen LogP contribution >= 0.6 is 11.8 Å². The summed E-state index contributed by atoms with van der Waals surface area (Å²) >= 11 is 1.91. The van der Waals surface area contributed by atoms with E-state index in [0.29, 0.717) is 5.91 Å². The molecular formula is C15H30N2OS. The maximum Gasteiger partial charge on any atom is 0.241 e. The van der Waals surface area contributed by atoms with Crippen molar-refractivity contribution in [1.29, 1.82) is 0 Å². The van der Waals surface area contributed by atoms with Crippen LogP contribution in [-0.4, -0.2) is 40.6 Å². The minimum Gasteiger partial charge on any atom is -0.324 e. The van der Waals surface area contributed by atoms with Crippen LogP contribution in [0.5, 0.6) is 0 Å². The first-order valence-electron chi connectivity index (χ1n) is 7.69. The summed E-state index contributed by atoms with van der Waals surface area (Å²) in [5, 5.41) is 3.50. The largest absolute Gasteiger partial charge is 0.324 e. The Morgan fingerprint density at radius 2 is 1.89 bits per heavy atom. The van der Waals surface area contributed by atoms with Crippen molar-refractivity contribution in [2.24, 2.45) is 0 Å². The highest BCUT2D eigenvalue weighted by molar-refractivity contribution is 8.00. The molecule has 3 nitrogen and oxygen atoms in total. The van der Waals surface area contributed by atoms with Crippen LogP contribution in [0, 0.1) is 0 Å². The number of hydrogen-bond donors (Lipinski definition) is 1. The van der Waals surface area contributed by atoms with E-state index in [0.717, 1.165) is 38.6 Å². The average Bonchev–Trinajstić information content (AvgIpc) is 2.73. The second-order valence-corrected chi connectivity index (χ2v) is 6.77. The van der Waals surface area contributed by atoms with Gasteiger partial charge < -0.3 is 4.90 Å². The van der Waals surface area contributed by atoms with E-state index in [1.165, 1.54) is 0 Å². The molecule has 112 valence electrons. The van der Waals surface area contributed by atoms with Crippen molar-refractivity contribution in [1.82, 2.24) is 10.2 Å². The molecule has 0 aromatic heterocycles. The summed E-state index contributed by atoms with van der Waals surface area (Å²) in [4.78, 5) is 14.6. The lowest BCUT2D eigenvalue weighted by Crippen LogP contribution is -2.46. The molecule has 1 fully saturated rings. The number of amides is 1. The molecule has 0 aromatic carbocycles. The summed E-state index contributed by atoms with van der Waals surface area (Å²) in [5.41, 5.74) is 0. The van der Waals surface area contributed by atoms with Gasteiger partial charge in [0.05, 0.1) is 12.2 Å². The third-order valence-corrected chi connectivity index (χ3v) is 6.07. The van der Waals surface area contributed by atoms with Gasteiger partial charge in [0, 0.05) is 11.3 Å². The molecule has 4 heteroatoms. The molecule has 1 heterocycles. The van der Waals surface area contributed by atoms with Crippen LogP contribution in [0.25, 0.3) is 0 Å². The van der Waals surface area contributed by atoms with Crippen LogP contribution in [0.2, 0.25) is 0 Å². The first kappa shape index (κ1) is 16.8. The quantitative estimate of drug-likeness (QED) is 0.743. The molecular weight excluding hydrogens is 256 g/mol. The summed E-state index contributed by atoms with van der Waals surface area (Å²) in [6.45, 7) is 9.65. The zero-order valence-electron chi connectivity index (χ0n) is 13.2.